The van der Waals surface area contributed by atoms with Crippen molar-refractivity contribution in [2.24, 2.45) is 0 Å². The number of alkyl halides is 19. The maximum atomic E-state index is 14.0. The van der Waals surface area contributed by atoms with Crippen LogP contribution in [-0.4, -0.2) is 76.0 Å². The van der Waals surface area contributed by atoms with E-state index in [9.17, 15) is 83.4 Å². The molecule has 0 aromatic carbocycles. The summed E-state index contributed by atoms with van der Waals surface area (Å²) in [5.74, 6) is -57.3. The van der Waals surface area contributed by atoms with Crippen LogP contribution in [0.25, 0.3) is 0 Å². The van der Waals surface area contributed by atoms with Gasteiger partial charge in [0.2, 0.25) is 0 Å². The van der Waals surface area contributed by atoms with Gasteiger partial charge in [-0.2, -0.15) is 83.4 Å². The first-order valence-electron chi connectivity index (χ1n) is 8.52. The molecule has 22 heteroatoms. The third-order valence-electron chi connectivity index (χ3n) is 4.90. The second kappa shape index (κ2) is 9.22. The van der Waals surface area contributed by atoms with Gasteiger partial charge in [-0.3, -0.25) is 0 Å². The molecule has 218 valence electrons. The molecular weight excluding hydrogens is 589 g/mol. The Morgan fingerprint density at radius 3 is 1.00 bits per heavy atom. The van der Waals surface area contributed by atoms with Crippen LogP contribution in [0.4, 0.5) is 83.4 Å². The van der Waals surface area contributed by atoms with Crippen LogP contribution >= 0.6 is 0 Å². The zero-order valence-electron chi connectivity index (χ0n) is 17.4. The summed E-state index contributed by atoms with van der Waals surface area (Å²) in [6.45, 7) is -0.225. The fourth-order valence-electron chi connectivity index (χ4n) is 2.30. The molecule has 0 aliphatic heterocycles. The molecule has 36 heavy (non-hydrogen) atoms. The van der Waals surface area contributed by atoms with E-state index in [2.05, 4.69) is 8.85 Å². The van der Waals surface area contributed by atoms with Gasteiger partial charge in [0.15, 0.2) is 0 Å². The van der Waals surface area contributed by atoms with Gasteiger partial charge in [0, 0.05) is 27.1 Å². The summed E-state index contributed by atoms with van der Waals surface area (Å²) in [6, 6.07) is 0. The van der Waals surface area contributed by atoms with Gasteiger partial charge < -0.3 is 8.85 Å². The van der Waals surface area contributed by atoms with Gasteiger partial charge in [0.1, 0.15) is 0 Å². The van der Waals surface area contributed by atoms with Crippen molar-refractivity contribution in [2.75, 3.05) is 14.2 Å². The third-order valence-corrected chi connectivity index (χ3v) is 7.91. The molecule has 0 N–H and O–H groups in total. The molecule has 0 rings (SSSR count). The molecule has 0 aliphatic rings. The molecule has 0 bridgehead atoms. The van der Waals surface area contributed by atoms with Crippen molar-refractivity contribution in [3.8, 4) is 0 Å². The van der Waals surface area contributed by atoms with Crippen LogP contribution in [0, 0.1) is 0 Å². The summed E-state index contributed by atoms with van der Waals surface area (Å²) < 4.78 is 263. The van der Waals surface area contributed by atoms with Gasteiger partial charge in [-0.05, 0) is 6.55 Å². The molecule has 0 saturated heterocycles. The molecule has 0 aromatic rings. The number of rotatable bonds is 12. The van der Waals surface area contributed by atoms with E-state index in [1.165, 1.54) is 0 Å². The first-order valence-corrected chi connectivity index (χ1v) is 10.8. The highest BCUT2D eigenvalue weighted by Gasteiger charge is 2.96. The Balaban J connectivity index is 6.87. The standard InChI is InChI=1S/C14H13F19O2Si/c1-34-36(3,35-2)14(32,33)13(30,31)12(28,29)11(26,27)10(24,25)9(22,23)8(20,21)6(15,16)4-5-7(17,18)19/h4-5H2,1-3H3. The van der Waals surface area contributed by atoms with E-state index in [0.717, 1.165) is 0 Å². The van der Waals surface area contributed by atoms with Gasteiger partial charge in [0.05, 0.1) is 0 Å². The maximum absolute atomic E-state index is 14.0. The minimum atomic E-state index is -8.72. The molecule has 0 amide bonds. The molecule has 0 aromatic heterocycles. The van der Waals surface area contributed by atoms with Crippen LogP contribution in [0.2, 0.25) is 6.55 Å². The topological polar surface area (TPSA) is 18.5 Å². The lowest BCUT2D eigenvalue weighted by molar-refractivity contribution is -0.450. The summed E-state index contributed by atoms with van der Waals surface area (Å²) in [7, 11) is -6.04. The average Bonchev–Trinajstić information content (AvgIpc) is 2.69. The van der Waals surface area contributed by atoms with E-state index in [0.29, 0.717) is 0 Å². The van der Waals surface area contributed by atoms with Crippen molar-refractivity contribution in [1.82, 2.24) is 0 Å². The predicted molar refractivity (Wildman–Crippen MR) is 80.5 cm³/mol. The van der Waals surface area contributed by atoms with E-state index in [-0.39, 0.29) is 20.8 Å². The number of halogens is 19. The quantitative estimate of drug-likeness (QED) is 0.172. The summed E-state index contributed by atoms with van der Waals surface area (Å²) in [5.41, 5.74) is -6.72. The summed E-state index contributed by atoms with van der Waals surface area (Å²) in [4.78, 5) is 0. The first-order chi connectivity index (χ1) is 15.3. The molecule has 0 heterocycles. The lowest BCUT2D eigenvalue weighted by Gasteiger charge is -2.45. The van der Waals surface area contributed by atoms with Crippen molar-refractivity contribution in [3.63, 3.8) is 0 Å². The molecule has 0 atom stereocenters. The molecule has 0 spiro atoms. The largest absolute Gasteiger partial charge is 0.418 e. The Morgan fingerprint density at radius 1 is 0.444 bits per heavy atom. The Hall–Kier alpha value is -1.19. The second-order valence-electron chi connectivity index (χ2n) is 7.19. The minimum Gasteiger partial charge on any atom is -0.394 e. The van der Waals surface area contributed by atoms with Crippen LogP contribution in [0.5, 0.6) is 0 Å². The number of hydrogen-bond donors (Lipinski definition) is 0. The summed E-state index contributed by atoms with van der Waals surface area (Å²) in [5, 5.41) is 0. The van der Waals surface area contributed by atoms with Crippen molar-refractivity contribution in [1.29, 1.82) is 0 Å². The first kappa shape index (κ1) is 34.8. The van der Waals surface area contributed by atoms with Crippen molar-refractivity contribution < 1.29 is 92.3 Å². The molecule has 0 saturated carbocycles. The van der Waals surface area contributed by atoms with Crippen LogP contribution in [-0.2, 0) is 8.85 Å². The highest BCUT2D eigenvalue weighted by molar-refractivity contribution is 6.68. The second-order valence-corrected chi connectivity index (χ2v) is 10.5. The fourth-order valence-corrected chi connectivity index (χ4v) is 3.70. The molecular formula is C14H13F19O2Si. The zero-order chi connectivity index (χ0) is 29.8. The number of hydrogen-bond acceptors (Lipinski definition) is 2. The SMILES string of the molecule is CO[Si](C)(OC)C(F)(F)C(F)(F)C(F)(F)C(F)(F)C(F)(F)C(F)(F)C(F)(F)C(F)(F)CCC(F)(F)F. The minimum absolute atomic E-state index is 0.0579. The Kier molecular flexibility index (Phi) is 8.92. The molecule has 0 aliphatic carbocycles. The van der Waals surface area contributed by atoms with Crippen LogP contribution in [0.1, 0.15) is 12.8 Å². The van der Waals surface area contributed by atoms with Crippen molar-refractivity contribution in [3.05, 3.63) is 0 Å². The summed E-state index contributed by atoms with van der Waals surface area (Å²) >= 11 is 0. The predicted octanol–water partition coefficient (Wildman–Crippen LogP) is 7.32. The summed E-state index contributed by atoms with van der Waals surface area (Å²) in [6.07, 6.45) is -12.5. The lowest BCUT2D eigenvalue weighted by atomic mass is 9.88. The highest BCUT2D eigenvalue weighted by Crippen LogP contribution is 2.65. The van der Waals surface area contributed by atoms with Gasteiger partial charge >= 0.3 is 61.7 Å². The normalized spacial score (nSPS) is 16.5. The van der Waals surface area contributed by atoms with E-state index in [1.807, 2.05) is 0 Å². The van der Waals surface area contributed by atoms with Crippen molar-refractivity contribution in [2.45, 2.75) is 72.6 Å². The highest BCUT2D eigenvalue weighted by atomic mass is 28.4. The fraction of sp³-hybridized carbons (Fsp3) is 1.00. The molecule has 0 unspecified atom stereocenters. The third kappa shape index (κ3) is 4.73. The Morgan fingerprint density at radius 2 is 0.722 bits per heavy atom. The van der Waals surface area contributed by atoms with Crippen LogP contribution < -0.4 is 0 Å². The van der Waals surface area contributed by atoms with Gasteiger partial charge in [-0.1, -0.05) is 0 Å². The van der Waals surface area contributed by atoms with Gasteiger partial charge in [0.25, 0.3) is 0 Å². The molecule has 0 fully saturated rings. The van der Waals surface area contributed by atoms with E-state index >= 15 is 0 Å². The van der Waals surface area contributed by atoms with E-state index in [1.54, 1.807) is 0 Å². The van der Waals surface area contributed by atoms with Crippen LogP contribution in [0.3, 0.4) is 0 Å². The monoisotopic (exact) mass is 602 g/mol. The van der Waals surface area contributed by atoms with Crippen molar-refractivity contribution >= 4 is 8.56 Å². The zero-order valence-corrected chi connectivity index (χ0v) is 18.4. The Labute approximate surface area is 188 Å². The van der Waals surface area contributed by atoms with E-state index in [4.69, 9.17) is 0 Å². The van der Waals surface area contributed by atoms with Gasteiger partial charge in [-0.25, -0.2) is 0 Å². The Bertz CT molecular complexity index is 771. The molecule has 0 radical (unpaired) electrons. The van der Waals surface area contributed by atoms with Gasteiger partial charge in [-0.15, -0.1) is 0 Å². The lowest BCUT2D eigenvalue weighted by Crippen LogP contribution is -2.77. The van der Waals surface area contributed by atoms with Crippen LogP contribution in [0.15, 0.2) is 0 Å². The van der Waals surface area contributed by atoms with E-state index < -0.39 is 74.6 Å². The smallest absolute Gasteiger partial charge is 0.394 e. The average molecular weight is 602 g/mol. The maximum Gasteiger partial charge on any atom is 0.418 e. The molecule has 2 nitrogen and oxygen atoms in total.